The van der Waals surface area contributed by atoms with E-state index in [1.165, 1.54) is 0 Å². The van der Waals surface area contributed by atoms with Crippen LogP contribution in [0.4, 0.5) is 0 Å². The van der Waals surface area contributed by atoms with Crippen molar-refractivity contribution in [2.75, 3.05) is 0 Å². The molecule has 2 atom stereocenters. The molecule has 5 heteroatoms. The lowest BCUT2D eigenvalue weighted by Crippen LogP contribution is -2.23. The van der Waals surface area contributed by atoms with Gasteiger partial charge in [0.15, 0.2) is 0 Å². The molecule has 0 aliphatic carbocycles. The molecule has 0 fully saturated rings. The number of carbonyl (C=O) groups is 1. The Labute approximate surface area is 123 Å². The van der Waals surface area contributed by atoms with Gasteiger partial charge in [0.1, 0.15) is 11.9 Å². The summed E-state index contributed by atoms with van der Waals surface area (Å²) < 4.78 is 5.85. The molecule has 1 aromatic carbocycles. The average Bonchev–Trinajstić information content (AvgIpc) is 3.01. The van der Waals surface area contributed by atoms with Crippen molar-refractivity contribution in [2.24, 2.45) is 0 Å². The van der Waals surface area contributed by atoms with E-state index in [9.17, 15) is 4.79 Å². The van der Waals surface area contributed by atoms with Gasteiger partial charge in [0.25, 0.3) is 5.91 Å². The van der Waals surface area contributed by atoms with Gasteiger partial charge in [-0.15, -0.1) is 0 Å². The molecule has 21 heavy (non-hydrogen) atoms. The number of para-hydroxylation sites is 1. The van der Waals surface area contributed by atoms with Gasteiger partial charge in [-0.05, 0) is 19.9 Å². The zero-order chi connectivity index (χ0) is 15.0. The smallest absolute Gasteiger partial charge is 0.255 e. The highest BCUT2D eigenvalue weighted by molar-refractivity contribution is 5.97. The lowest BCUT2D eigenvalue weighted by molar-refractivity contribution is 0.0946. The van der Waals surface area contributed by atoms with Crippen LogP contribution in [0.2, 0.25) is 0 Å². The SMILES string of the molecule is Cc1[nH]ncc1CNC(=O)c1cccc2c1OC(C)C2C. The maximum absolute atomic E-state index is 12.4. The van der Waals surface area contributed by atoms with E-state index in [4.69, 9.17) is 4.74 Å². The Bertz CT molecular complexity index is 678. The van der Waals surface area contributed by atoms with E-state index in [-0.39, 0.29) is 12.0 Å². The molecule has 2 N–H and O–H groups in total. The quantitative estimate of drug-likeness (QED) is 0.910. The van der Waals surface area contributed by atoms with Gasteiger partial charge >= 0.3 is 0 Å². The molecule has 5 nitrogen and oxygen atoms in total. The van der Waals surface area contributed by atoms with Crippen LogP contribution in [0.5, 0.6) is 5.75 Å². The summed E-state index contributed by atoms with van der Waals surface area (Å²) in [6.07, 6.45) is 1.83. The number of aromatic nitrogens is 2. The molecule has 2 aromatic rings. The van der Waals surface area contributed by atoms with Crippen LogP contribution >= 0.6 is 0 Å². The number of carbonyl (C=O) groups excluding carboxylic acids is 1. The highest BCUT2D eigenvalue weighted by Crippen LogP contribution is 2.40. The van der Waals surface area contributed by atoms with Gasteiger partial charge in [0.2, 0.25) is 0 Å². The molecule has 0 spiro atoms. The van der Waals surface area contributed by atoms with E-state index < -0.39 is 0 Å². The maximum Gasteiger partial charge on any atom is 0.255 e. The van der Waals surface area contributed by atoms with Crippen LogP contribution in [0.25, 0.3) is 0 Å². The third-order valence-electron chi connectivity index (χ3n) is 4.16. The van der Waals surface area contributed by atoms with Crippen LogP contribution in [-0.4, -0.2) is 22.2 Å². The van der Waals surface area contributed by atoms with Crippen molar-refractivity contribution in [2.45, 2.75) is 39.3 Å². The Morgan fingerprint density at radius 1 is 1.43 bits per heavy atom. The van der Waals surface area contributed by atoms with Crippen LogP contribution in [0, 0.1) is 6.92 Å². The van der Waals surface area contributed by atoms with Crippen LogP contribution in [0.15, 0.2) is 24.4 Å². The molecule has 0 saturated carbocycles. The van der Waals surface area contributed by atoms with E-state index in [2.05, 4.69) is 22.4 Å². The van der Waals surface area contributed by atoms with Crippen LogP contribution in [0.1, 0.15) is 46.9 Å². The number of nitrogens with one attached hydrogen (secondary N) is 2. The molecule has 1 aromatic heterocycles. The minimum absolute atomic E-state index is 0.102. The third-order valence-corrected chi connectivity index (χ3v) is 4.16. The topological polar surface area (TPSA) is 67.0 Å². The van der Waals surface area contributed by atoms with Gasteiger partial charge in [0, 0.05) is 29.3 Å². The largest absolute Gasteiger partial charge is 0.489 e. The normalized spacial score (nSPS) is 20.0. The molecule has 2 heterocycles. The fraction of sp³-hybridized carbons (Fsp3) is 0.375. The molecule has 0 saturated heterocycles. The summed E-state index contributed by atoms with van der Waals surface area (Å²) in [4.78, 5) is 12.4. The fourth-order valence-corrected chi connectivity index (χ4v) is 2.59. The Kier molecular flexibility index (Phi) is 3.41. The van der Waals surface area contributed by atoms with E-state index >= 15 is 0 Å². The van der Waals surface area contributed by atoms with Crippen molar-refractivity contribution in [3.63, 3.8) is 0 Å². The number of H-pyrrole nitrogens is 1. The number of aryl methyl sites for hydroxylation is 1. The second-order valence-corrected chi connectivity index (χ2v) is 5.54. The first-order valence-electron chi connectivity index (χ1n) is 7.14. The van der Waals surface area contributed by atoms with Gasteiger partial charge < -0.3 is 10.1 Å². The number of hydrogen-bond donors (Lipinski definition) is 2. The zero-order valence-corrected chi connectivity index (χ0v) is 12.4. The maximum atomic E-state index is 12.4. The number of hydrogen-bond acceptors (Lipinski definition) is 3. The Morgan fingerprint density at radius 3 is 2.95 bits per heavy atom. The molecule has 1 amide bonds. The van der Waals surface area contributed by atoms with Crippen molar-refractivity contribution in [3.8, 4) is 5.75 Å². The van der Waals surface area contributed by atoms with Gasteiger partial charge in [0.05, 0.1) is 11.8 Å². The van der Waals surface area contributed by atoms with E-state index in [0.29, 0.717) is 18.0 Å². The van der Waals surface area contributed by atoms with E-state index in [1.54, 1.807) is 12.3 Å². The molecule has 0 radical (unpaired) electrons. The predicted octanol–water partition coefficient (Wildman–Crippen LogP) is 2.53. The van der Waals surface area contributed by atoms with Gasteiger partial charge in [-0.25, -0.2) is 0 Å². The first-order valence-corrected chi connectivity index (χ1v) is 7.14. The highest BCUT2D eigenvalue weighted by Gasteiger charge is 2.30. The Balaban J connectivity index is 1.79. The molecule has 1 aliphatic rings. The molecule has 3 rings (SSSR count). The summed E-state index contributed by atoms with van der Waals surface area (Å²) in [5.74, 6) is 0.913. The summed E-state index contributed by atoms with van der Waals surface area (Å²) in [5, 5.41) is 9.73. The number of nitrogens with zero attached hydrogens (tertiary/aromatic N) is 1. The second-order valence-electron chi connectivity index (χ2n) is 5.54. The summed E-state index contributed by atoms with van der Waals surface area (Å²) in [5.41, 5.74) is 3.66. The van der Waals surface area contributed by atoms with E-state index in [1.807, 2.05) is 26.0 Å². The molecule has 2 unspecified atom stereocenters. The minimum atomic E-state index is -0.117. The van der Waals surface area contributed by atoms with E-state index in [0.717, 1.165) is 22.6 Å². The van der Waals surface area contributed by atoms with Crippen molar-refractivity contribution < 1.29 is 9.53 Å². The summed E-state index contributed by atoms with van der Waals surface area (Å²) >= 11 is 0. The zero-order valence-electron chi connectivity index (χ0n) is 12.4. The highest BCUT2D eigenvalue weighted by atomic mass is 16.5. The van der Waals surface area contributed by atoms with Gasteiger partial charge in [-0.3, -0.25) is 9.89 Å². The summed E-state index contributed by atoms with van der Waals surface area (Å²) in [7, 11) is 0. The second kappa shape index (κ2) is 5.24. The standard InChI is InChI=1S/C16H19N3O2/c1-9-11(3)21-15-13(9)5-4-6-14(15)16(20)17-7-12-8-18-19-10(12)2/h4-6,8-9,11H,7H2,1-3H3,(H,17,20)(H,18,19). The lowest BCUT2D eigenvalue weighted by Gasteiger charge is -2.10. The number of rotatable bonds is 3. The van der Waals surface area contributed by atoms with Crippen molar-refractivity contribution >= 4 is 5.91 Å². The van der Waals surface area contributed by atoms with Crippen LogP contribution in [-0.2, 0) is 6.54 Å². The third kappa shape index (κ3) is 2.39. The number of ether oxygens (including phenoxy) is 1. The molecular formula is C16H19N3O2. The number of amides is 1. The van der Waals surface area contributed by atoms with Crippen molar-refractivity contribution in [1.29, 1.82) is 0 Å². The van der Waals surface area contributed by atoms with Gasteiger partial charge in [-0.1, -0.05) is 19.1 Å². The van der Waals surface area contributed by atoms with Crippen LogP contribution in [0.3, 0.4) is 0 Å². The molecule has 1 aliphatic heterocycles. The fourth-order valence-electron chi connectivity index (χ4n) is 2.59. The summed E-state index contributed by atoms with van der Waals surface area (Å²) in [6.45, 7) is 6.53. The lowest BCUT2D eigenvalue weighted by atomic mass is 9.97. The first-order chi connectivity index (χ1) is 10.1. The molecule has 0 bridgehead atoms. The molecular weight excluding hydrogens is 266 g/mol. The number of fused-ring (bicyclic) bond motifs is 1. The van der Waals surface area contributed by atoms with Crippen molar-refractivity contribution in [3.05, 3.63) is 46.8 Å². The van der Waals surface area contributed by atoms with Crippen LogP contribution < -0.4 is 10.1 Å². The minimum Gasteiger partial charge on any atom is -0.489 e. The summed E-state index contributed by atoms with van der Waals surface area (Å²) in [6, 6.07) is 5.75. The number of aromatic amines is 1. The van der Waals surface area contributed by atoms with Crippen molar-refractivity contribution in [1.82, 2.24) is 15.5 Å². The Morgan fingerprint density at radius 2 is 2.24 bits per heavy atom. The van der Waals surface area contributed by atoms with Gasteiger partial charge in [-0.2, -0.15) is 5.10 Å². The Hall–Kier alpha value is -2.30. The average molecular weight is 285 g/mol. The monoisotopic (exact) mass is 285 g/mol. The molecule has 110 valence electrons. The first kappa shape index (κ1) is 13.7. The predicted molar refractivity (Wildman–Crippen MR) is 79.4 cm³/mol. The number of benzene rings is 1.